The third-order valence-corrected chi connectivity index (χ3v) is 6.15. The van der Waals surface area contributed by atoms with Gasteiger partial charge in [-0.3, -0.25) is 0 Å². The third-order valence-electron chi connectivity index (χ3n) is 4.36. The molecular formula is C17H22N4O3S. The number of hydrogen-bond donors (Lipinski definition) is 1. The molecule has 1 N–H and O–H groups in total. The number of sulfone groups is 1. The van der Waals surface area contributed by atoms with Crippen LogP contribution in [0.4, 0.5) is 4.79 Å². The van der Waals surface area contributed by atoms with E-state index in [1.807, 2.05) is 17.7 Å². The van der Waals surface area contributed by atoms with Crippen LogP contribution in [0.15, 0.2) is 41.6 Å². The summed E-state index contributed by atoms with van der Waals surface area (Å²) >= 11 is 0. The van der Waals surface area contributed by atoms with Crippen LogP contribution in [-0.4, -0.2) is 47.7 Å². The Labute approximate surface area is 147 Å². The van der Waals surface area contributed by atoms with Crippen LogP contribution in [0.5, 0.6) is 0 Å². The van der Waals surface area contributed by atoms with Gasteiger partial charge in [0.1, 0.15) is 5.82 Å². The maximum Gasteiger partial charge on any atom is 0.317 e. The molecule has 1 aromatic carbocycles. The number of hydrogen-bond acceptors (Lipinski definition) is 4. The molecule has 2 aromatic rings. The normalized spacial score (nSPS) is 16.1. The van der Waals surface area contributed by atoms with Crippen LogP contribution < -0.4 is 5.32 Å². The van der Waals surface area contributed by atoms with Crippen molar-refractivity contribution in [2.75, 3.05) is 18.8 Å². The standard InChI is InChI=1S/C17H22N4O3S/c1-14-18-8-10-20(14)9-4-7-19-17(22)21-11-12-25(23,24)16-6-3-2-5-15(16)13-21/h2-3,5-6,8,10H,4,7,9,11-13H2,1H3,(H,19,22). The molecule has 3 rings (SSSR count). The topological polar surface area (TPSA) is 84.3 Å². The molecule has 1 aromatic heterocycles. The van der Waals surface area contributed by atoms with E-state index in [-0.39, 0.29) is 18.3 Å². The van der Waals surface area contributed by atoms with E-state index in [1.165, 1.54) is 0 Å². The van der Waals surface area contributed by atoms with Gasteiger partial charge in [0.15, 0.2) is 9.84 Å². The third kappa shape index (κ3) is 4.01. The lowest BCUT2D eigenvalue weighted by Gasteiger charge is -2.21. The summed E-state index contributed by atoms with van der Waals surface area (Å²) in [5.41, 5.74) is 0.671. The summed E-state index contributed by atoms with van der Waals surface area (Å²) in [6.45, 7) is 3.75. The summed E-state index contributed by atoms with van der Waals surface area (Å²) in [5.74, 6) is 0.895. The molecule has 0 atom stereocenters. The van der Waals surface area contributed by atoms with Crippen LogP contribution in [-0.2, 0) is 22.9 Å². The second-order valence-electron chi connectivity index (χ2n) is 6.10. The van der Waals surface area contributed by atoms with Crippen molar-refractivity contribution < 1.29 is 13.2 Å². The van der Waals surface area contributed by atoms with Crippen molar-refractivity contribution in [1.82, 2.24) is 19.8 Å². The molecule has 0 radical (unpaired) electrons. The molecule has 1 aliphatic rings. The summed E-state index contributed by atoms with van der Waals surface area (Å²) in [5, 5.41) is 2.88. The van der Waals surface area contributed by atoms with Crippen LogP contribution in [0.1, 0.15) is 17.8 Å². The monoisotopic (exact) mass is 362 g/mol. The Morgan fingerprint density at radius 2 is 2.12 bits per heavy atom. The van der Waals surface area contributed by atoms with E-state index in [0.29, 0.717) is 23.5 Å². The Balaban J connectivity index is 1.57. The number of aromatic nitrogens is 2. The molecule has 2 amide bonds. The zero-order valence-corrected chi connectivity index (χ0v) is 15.0. The average molecular weight is 362 g/mol. The number of rotatable bonds is 4. The Morgan fingerprint density at radius 3 is 2.88 bits per heavy atom. The van der Waals surface area contributed by atoms with Gasteiger partial charge in [-0.05, 0) is 25.0 Å². The SMILES string of the molecule is Cc1nccn1CCCNC(=O)N1CCS(=O)(=O)c2ccccc2C1. The summed E-state index contributed by atoms with van der Waals surface area (Å²) in [4.78, 5) is 18.5. The van der Waals surface area contributed by atoms with Gasteiger partial charge in [-0.15, -0.1) is 0 Å². The van der Waals surface area contributed by atoms with Crippen LogP contribution in [0.25, 0.3) is 0 Å². The van der Waals surface area contributed by atoms with Crippen molar-refractivity contribution in [1.29, 1.82) is 0 Å². The second kappa shape index (κ2) is 7.26. The molecule has 0 saturated carbocycles. The van der Waals surface area contributed by atoms with Gasteiger partial charge in [0.2, 0.25) is 0 Å². The van der Waals surface area contributed by atoms with Crippen molar-refractivity contribution >= 4 is 15.9 Å². The maximum absolute atomic E-state index is 12.4. The van der Waals surface area contributed by atoms with Crippen LogP contribution in [0.2, 0.25) is 0 Å². The number of carbonyl (C=O) groups excluding carboxylic acids is 1. The summed E-state index contributed by atoms with van der Waals surface area (Å²) in [6, 6.07) is 6.65. The largest absolute Gasteiger partial charge is 0.338 e. The predicted octanol–water partition coefficient (Wildman–Crippen LogP) is 1.58. The lowest BCUT2D eigenvalue weighted by Crippen LogP contribution is -2.41. The number of aryl methyl sites for hydroxylation is 2. The first-order chi connectivity index (χ1) is 12.0. The molecule has 25 heavy (non-hydrogen) atoms. The van der Waals surface area contributed by atoms with Crippen molar-refractivity contribution in [3.8, 4) is 0 Å². The maximum atomic E-state index is 12.4. The van der Waals surface area contributed by atoms with Gasteiger partial charge >= 0.3 is 6.03 Å². The highest BCUT2D eigenvalue weighted by Crippen LogP contribution is 2.22. The molecule has 134 valence electrons. The number of nitrogens with zero attached hydrogens (tertiary/aromatic N) is 3. The first-order valence-corrected chi connectivity index (χ1v) is 9.94. The molecule has 7 nitrogen and oxygen atoms in total. The molecule has 0 aliphatic carbocycles. The number of fused-ring (bicyclic) bond motifs is 1. The number of nitrogens with one attached hydrogen (secondary N) is 1. The van der Waals surface area contributed by atoms with Crippen molar-refractivity contribution in [3.63, 3.8) is 0 Å². The lowest BCUT2D eigenvalue weighted by atomic mass is 10.2. The van der Waals surface area contributed by atoms with E-state index in [9.17, 15) is 13.2 Å². The van der Waals surface area contributed by atoms with E-state index in [0.717, 1.165) is 18.8 Å². The molecule has 0 saturated heterocycles. The van der Waals surface area contributed by atoms with Crippen molar-refractivity contribution in [3.05, 3.63) is 48.0 Å². The Bertz CT molecular complexity index is 860. The average Bonchev–Trinajstić information content (AvgIpc) is 2.94. The smallest absolute Gasteiger partial charge is 0.317 e. The summed E-state index contributed by atoms with van der Waals surface area (Å²) < 4.78 is 26.7. The molecule has 0 fully saturated rings. The molecule has 0 bridgehead atoms. The fourth-order valence-electron chi connectivity index (χ4n) is 2.93. The minimum atomic E-state index is -3.34. The Morgan fingerprint density at radius 1 is 1.32 bits per heavy atom. The van der Waals surface area contributed by atoms with Crippen LogP contribution in [0.3, 0.4) is 0 Å². The van der Waals surface area contributed by atoms with Gasteiger partial charge in [-0.1, -0.05) is 18.2 Å². The Kier molecular flexibility index (Phi) is 5.08. The molecule has 0 spiro atoms. The van der Waals surface area contributed by atoms with Gasteiger partial charge in [0.05, 0.1) is 10.6 Å². The fraction of sp³-hybridized carbons (Fsp3) is 0.412. The van der Waals surface area contributed by atoms with Gasteiger partial charge in [0, 0.05) is 38.6 Å². The summed E-state index contributed by atoms with van der Waals surface area (Å²) in [6.07, 6.45) is 4.45. The highest BCUT2D eigenvalue weighted by molar-refractivity contribution is 7.91. The van der Waals surface area contributed by atoms with Crippen molar-refractivity contribution in [2.45, 2.75) is 31.3 Å². The number of benzene rings is 1. The second-order valence-corrected chi connectivity index (χ2v) is 8.18. The zero-order valence-electron chi connectivity index (χ0n) is 14.2. The van der Waals surface area contributed by atoms with Gasteiger partial charge < -0.3 is 14.8 Å². The zero-order chi connectivity index (χ0) is 17.9. The molecule has 8 heteroatoms. The van der Waals surface area contributed by atoms with E-state index in [1.54, 1.807) is 35.4 Å². The van der Waals surface area contributed by atoms with E-state index in [2.05, 4.69) is 10.3 Å². The molecule has 1 aliphatic heterocycles. The van der Waals surface area contributed by atoms with E-state index < -0.39 is 9.84 Å². The molecule has 0 unspecified atom stereocenters. The van der Waals surface area contributed by atoms with Crippen molar-refractivity contribution in [2.24, 2.45) is 0 Å². The number of amides is 2. The van der Waals surface area contributed by atoms with E-state index in [4.69, 9.17) is 0 Å². The fourth-order valence-corrected chi connectivity index (χ4v) is 4.43. The quantitative estimate of drug-likeness (QED) is 0.837. The number of urea groups is 1. The first-order valence-electron chi connectivity index (χ1n) is 8.28. The first kappa shape index (κ1) is 17.5. The highest BCUT2D eigenvalue weighted by Gasteiger charge is 2.27. The van der Waals surface area contributed by atoms with Gasteiger partial charge in [-0.2, -0.15) is 0 Å². The predicted molar refractivity (Wildman–Crippen MR) is 93.9 cm³/mol. The minimum absolute atomic E-state index is 0.0499. The van der Waals surface area contributed by atoms with Crippen LogP contribution >= 0.6 is 0 Å². The van der Waals surface area contributed by atoms with Gasteiger partial charge in [0.25, 0.3) is 0 Å². The Hall–Kier alpha value is -2.35. The lowest BCUT2D eigenvalue weighted by molar-refractivity contribution is 0.198. The van der Waals surface area contributed by atoms with E-state index >= 15 is 0 Å². The number of imidazole rings is 1. The molecule has 2 heterocycles. The minimum Gasteiger partial charge on any atom is -0.338 e. The highest BCUT2D eigenvalue weighted by atomic mass is 32.2. The van der Waals surface area contributed by atoms with Crippen LogP contribution in [0, 0.1) is 6.92 Å². The summed E-state index contributed by atoms with van der Waals surface area (Å²) in [7, 11) is -3.34. The number of carbonyl (C=O) groups is 1. The van der Waals surface area contributed by atoms with Gasteiger partial charge in [-0.25, -0.2) is 18.2 Å². The molecular weight excluding hydrogens is 340 g/mol.